The van der Waals surface area contributed by atoms with Gasteiger partial charge in [-0.3, -0.25) is 0 Å². The first-order valence-corrected chi connectivity index (χ1v) is 6.16. The quantitative estimate of drug-likeness (QED) is 0.946. The predicted molar refractivity (Wildman–Crippen MR) is 68.5 cm³/mol. The zero-order valence-corrected chi connectivity index (χ0v) is 11.3. The van der Waals surface area contributed by atoms with E-state index in [1.165, 1.54) is 0 Å². The molecule has 17 heavy (non-hydrogen) atoms. The van der Waals surface area contributed by atoms with Gasteiger partial charge in [-0.25, -0.2) is 0 Å². The Labute approximate surface area is 108 Å². The molecule has 2 unspecified atom stereocenters. The van der Waals surface area contributed by atoms with Crippen LogP contribution in [0.25, 0.3) is 0 Å². The van der Waals surface area contributed by atoms with Crippen molar-refractivity contribution in [1.82, 2.24) is 14.8 Å². The Balaban J connectivity index is 2.26. The Morgan fingerprint density at radius 2 is 2.18 bits per heavy atom. The van der Waals surface area contributed by atoms with E-state index in [-0.39, 0.29) is 5.92 Å². The first-order valence-electron chi connectivity index (χ1n) is 5.37. The predicted octanol–water partition coefficient (Wildman–Crippen LogP) is 2.41. The molecule has 5 heteroatoms. The minimum absolute atomic E-state index is 0.0320. The maximum atomic E-state index is 10.3. The Morgan fingerprint density at radius 3 is 2.76 bits per heavy atom. The number of hydrogen-bond donors (Lipinski definition) is 1. The Kier molecular flexibility index (Phi) is 3.59. The molecular weight excluding hydrogens is 282 g/mol. The summed E-state index contributed by atoms with van der Waals surface area (Å²) in [6.07, 6.45) is 0.934. The van der Waals surface area contributed by atoms with Crippen molar-refractivity contribution in [3.05, 3.63) is 46.5 Å². The molecule has 0 aliphatic rings. The van der Waals surface area contributed by atoms with Crippen LogP contribution < -0.4 is 0 Å². The zero-order valence-electron chi connectivity index (χ0n) is 9.71. The van der Waals surface area contributed by atoms with E-state index in [9.17, 15) is 5.11 Å². The molecule has 0 aliphatic heterocycles. The summed E-state index contributed by atoms with van der Waals surface area (Å²) in [5.41, 5.74) is 1.06. The number of nitrogens with zero attached hydrogens (tertiary/aromatic N) is 3. The fourth-order valence-electron chi connectivity index (χ4n) is 1.76. The first kappa shape index (κ1) is 12.3. The Bertz CT molecular complexity index is 512. The number of aromatic nitrogens is 3. The number of aliphatic hydroxyl groups is 1. The third-order valence-corrected chi connectivity index (χ3v) is 3.35. The lowest BCUT2D eigenvalue weighted by Gasteiger charge is -2.18. The molecular formula is C12H14BrN3O. The standard InChI is InChI=1S/C12H14BrN3O/c1-8(9-4-3-5-10(13)6-9)11(17)12-15-14-7-16(12)2/h3-8,11,17H,1-2H3. The normalized spacial score (nSPS) is 14.6. The average Bonchev–Trinajstić information content (AvgIpc) is 2.73. The molecule has 0 amide bonds. The molecule has 0 aliphatic carbocycles. The fraction of sp³-hybridized carbons (Fsp3) is 0.333. The highest BCUT2D eigenvalue weighted by Crippen LogP contribution is 2.30. The molecule has 0 saturated heterocycles. The summed E-state index contributed by atoms with van der Waals surface area (Å²) < 4.78 is 2.74. The van der Waals surface area contributed by atoms with Gasteiger partial charge in [0.25, 0.3) is 0 Å². The van der Waals surface area contributed by atoms with Crippen LogP contribution in [-0.2, 0) is 7.05 Å². The summed E-state index contributed by atoms with van der Waals surface area (Å²) in [4.78, 5) is 0. The summed E-state index contributed by atoms with van der Waals surface area (Å²) in [5, 5.41) is 18.0. The van der Waals surface area contributed by atoms with Crippen LogP contribution in [0.5, 0.6) is 0 Å². The van der Waals surface area contributed by atoms with Gasteiger partial charge in [-0.05, 0) is 17.7 Å². The maximum Gasteiger partial charge on any atom is 0.162 e. The van der Waals surface area contributed by atoms with E-state index in [2.05, 4.69) is 26.1 Å². The molecule has 1 heterocycles. The highest BCUT2D eigenvalue weighted by molar-refractivity contribution is 9.10. The molecule has 4 nitrogen and oxygen atoms in total. The Hall–Kier alpha value is -1.20. The van der Waals surface area contributed by atoms with Gasteiger partial charge in [0.15, 0.2) is 5.82 Å². The summed E-state index contributed by atoms with van der Waals surface area (Å²) in [6, 6.07) is 7.92. The largest absolute Gasteiger partial charge is 0.384 e. The van der Waals surface area contributed by atoms with Crippen LogP contribution in [0.1, 0.15) is 30.3 Å². The molecule has 0 saturated carbocycles. The number of aryl methyl sites for hydroxylation is 1. The third-order valence-electron chi connectivity index (χ3n) is 2.86. The molecule has 2 atom stereocenters. The van der Waals surface area contributed by atoms with Crippen LogP contribution in [-0.4, -0.2) is 19.9 Å². The van der Waals surface area contributed by atoms with E-state index in [4.69, 9.17) is 0 Å². The van der Waals surface area contributed by atoms with Gasteiger partial charge in [0.05, 0.1) is 0 Å². The number of rotatable bonds is 3. The van der Waals surface area contributed by atoms with Crippen molar-refractivity contribution in [3.8, 4) is 0 Å². The van der Waals surface area contributed by atoms with Gasteiger partial charge in [-0.15, -0.1) is 10.2 Å². The number of aliphatic hydroxyl groups excluding tert-OH is 1. The molecule has 1 aromatic heterocycles. The van der Waals surface area contributed by atoms with Crippen LogP contribution >= 0.6 is 15.9 Å². The number of hydrogen-bond acceptors (Lipinski definition) is 3. The molecule has 0 radical (unpaired) electrons. The lowest BCUT2D eigenvalue weighted by Crippen LogP contribution is -2.12. The van der Waals surface area contributed by atoms with Crippen LogP contribution in [0.4, 0.5) is 0 Å². The van der Waals surface area contributed by atoms with Gasteiger partial charge < -0.3 is 9.67 Å². The van der Waals surface area contributed by atoms with Crippen molar-refractivity contribution in [2.24, 2.45) is 7.05 Å². The maximum absolute atomic E-state index is 10.3. The van der Waals surface area contributed by atoms with Crippen molar-refractivity contribution < 1.29 is 5.11 Å². The molecule has 0 bridgehead atoms. The van der Waals surface area contributed by atoms with E-state index in [1.54, 1.807) is 10.9 Å². The minimum Gasteiger partial charge on any atom is -0.384 e. The van der Waals surface area contributed by atoms with Crippen molar-refractivity contribution in [3.63, 3.8) is 0 Å². The third kappa shape index (κ3) is 2.56. The molecule has 1 aromatic carbocycles. The van der Waals surface area contributed by atoms with Gasteiger partial charge in [0.2, 0.25) is 0 Å². The second-order valence-corrected chi connectivity index (χ2v) is 5.00. The van der Waals surface area contributed by atoms with Gasteiger partial charge in [0.1, 0.15) is 12.4 Å². The van der Waals surface area contributed by atoms with Crippen molar-refractivity contribution in [1.29, 1.82) is 0 Å². The van der Waals surface area contributed by atoms with E-state index in [1.807, 2.05) is 38.2 Å². The van der Waals surface area contributed by atoms with Gasteiger partial charge in [-0.2, -0.15) is 0 Å². The van der Waals surface area contributed by atoms with Crippen LogP contribution in [0.15, 0.2) is 35.1 Å². The molecule has 0 fully saturated rings. The smallest absolute Gasteiger partial charge is 0.162 e. The lowest BCUT2D eigenvalue weighted by atomic mass is 9.95. The second-order valence-electron chi connectivity index (χ2n) is 4.09. The monoisotopic (exact) mass is 295 g/mol. The molecule has 2 aromatic rings. The van der Waals surface area contributed by atoms with Crippen molar-refractivity contribution in [2.75, 3.05) is 0 Å². The summed E-state index contributed by atoms with van der Waals surface area (Å²) in [6.45, 7) is 1.97. The summed E-state index contributed by atoms with van der Waals surface area (Å²) >= 11 is 3.43. The SMILES string of the molecule is CC(c1cccc(Br)c1)C(O)c1nncn1C. The van der Waals surface area contributed by atoms with E-state index >= 15 is 0 Å². The summed E-state index contributed by atoms with van der Waals surface area (Å²) in [5.74, 6) is 0.549. The minimum atomic E-state index is -0.656. The van der Waals surface area contributed by atoms with Gasteiger partial charge in [0, 0.05) is 17.4 Å². The average molecular weight is 296 g/mol. The second kappa shape index (κ2) is 4.98. The lowest BCUT2D eigenvalue weighted by molar-refractivity contribution is 0.138. The van der Waals surface area contributed by atoms with E-state index in [0.717, 1.165) is 10.0 Å². The molecule has 90 valence electrons. The van der Waals surface area contributed by atoms with Crippen molar-refractivity contribution in [2.45, 2.75) is 18.9 Å². The number of halogens is 1. The van der Waals surface area contributed by atoms with Crippen molar-refractivity contribution >= 4 is 15.9 Å². The van der Waals surface area contributed by atoms with Gasteiger partial charge in [-0.1, -0.05) is 35.0 Å². The molecule has 1 N–H and O–H groups in total. The highest BCUT2D eigenvalue weighted by Gasteiger charge is 2.22. The fourth-order valence-corrected chi connectivity index (χ4v) is 2.17. The molecule has 0 spiro atoms. The van der Waals surface area contributed by atoms with Crippen LogP contribution in [0.3, 0.4) is 0 Å². The topological polar surface area (TPSA) is 50.9 Å². The first-order chi connectivity index (χ1) is 8.09. The Morgan fingerprint density at radius 1 is 1.41 bits per heavy atom. The highest BCUT2D eigenvalue weighted by atomic mass is 79.9. The van der Waals surface area contributed by atoms with Gasteiger partial charge >= 0.3 is 0 Å². The van der Waals surface area contributed by atoms with Crippen LogP contribution in [0.2, 0.25) is 0 Å². The number of benzene rings is 1. The van der Waals surface area contributed by atoms with E-state index in [0.29, 0.717) is 5.82 Å². The van der Waals surface area contributed by atoms with E-state index < -0.39 is 6.10 Å². The van der Waals surface area contributed by atoms with Crippen LogP contribution in [0, 0.1) is 0 Å². The zero-order chi connectivity index (χ0) is 12.4. The molecule has 2 rings (SSSR count). The summed E-state index contributed by atoms with van der Waals surface area (Å²) in [7, 11) is 1.83.